The van der Waals surface area contributed by atoms with E-state index in [4.69, 9.17) is 25.8 Å². The first-order valence-electron chi connectivity index (χ1n) is 12.3. The fraction of sp³-hybridized carbons (Fsp3) is 0.233. The number of methoxy groups -OCH3 is 1. The number of halogens is 1. The van der Waals surface area contributed by atoms with Crippen molar-refractivity contribution in [3.05, 3.63) is 92.8 Å². The Morgan fingerprint density at radius 2 is 1.79 bits per heavy atom. The minimum Gasteiger partial charge on any atom is -0.493 e. The fourth-order valence-electron chi connectivity index (χ4n) is 3.98. The van der Waals surface area contributed by atoms with Gasteiger partial charge in [0.25, 0.3) is 11.1 Å². The second-order valence-electron chi connectivity index (χ2n) is 9.15. The Balaban J connectivity index is 1.51. The molecule has 4 rings (SSSR count). The maximum absolute atomic E-state index is 13.1. The van der Waals surface area contributed by atoms with E-state index in [0.29, 0.717) is 21.9 Å². The van der Waals surface area contributed by atoms with Gasteiger partial charge in [-0.15, -0.1) is 0 Å². The summed E-state index contributed by atoms with van der Waals surface area (Å²) < 4.78 is 17.0. The van der Waals surface area contributed by atoms with Gasteiger partial charge in [0.15, 0.2) is 11.5 Å². The summed E-state index contributed by atoms with van der Waals surface area (Å²) >= 11 is 6.74. The minimum absolute atomic E-state index is 0.101. The Hall–Kier alpha value is -3.75. The van der Waals surface area contributed by atoms with Gasteiger partial charge in [0, 0.05) is 10.6 Å². The van der Waals surface area contributed by atoms with Crippen LogP contribution in [0.5, 0.6) is 17.2 Å². The molecule has 0 spiro atoms. The van der Waals surface area contributed by atoms with Crippen LogP contribution in [0.1, 0.15) is 46.8 Å². The zero-order chi connectivity index (χ0) is 28.1. The lowest BCUT2D eigenvalue weighted by Gasteiger charge is -2.17. The fourth-order valence-corrected chi connectivity index (χ4v) is 4.96. The van der Waals surface area contributed by atoms with E-state index in [1.54, 1.807) is 42.5 Å². The molecule has 9 heteroatoms. The molecule has 0 radical (unpaired) electrons. The molecule has 2 amide bonds. The molecule has 3 aromatic rings. The van der Waals surface area contributed by atoms with E-state index in [0.717, 1.165) is 33.5 Å². The SMILES string of the molecule is COc1cccc(/C=C2\SC(=O)N(CCOc3cc(C)ccc3C(C)C)C2=O)c1OC(=O)c1ccc(Cl)cc1. The zero-order valence-corrected chi connectivity index (χ0v) is 23.6. The average molecular weight is 566 g/mol. The first-order chi connectivity index (χ1) is 18.7. The van der Waals surface area contributed by atoms with Crippen LogP contribution in [0, 0.1) is 6.92 Å². The van der Waals surface area contributed by atoms with E-state index < -0.39 is 17.1 Å². The van der Waals surface area contributed by atoms with Gasteiger partial charge in [0.1, 0.15) is 12.4 Å². The maximum atomic E-state index is 13.1. The maximum Gasteiger partial charge on any atom is 0.343 e. The quantitative estimate of drug-likeness (QED) is 0.155. The van der Waals surface area contributed by atoms with Crippen molar-refractivity contribution in [2.24, 2.45) is 0 Å². The summed E-state index contributed by atoms with van der Waals surface area (Å²) in [5.74, 6) is 0.392. The van der Waals surface area contributed by atoms with E-state index in [2.05, 4.69) is 13.8 Å². The number of ether oxygens (including phenoxy) is 3. The van der Waals surface area contributed by atoms with Crippen molar-refractivity contribution < 1.29 is 28.6 Å². The van der Waals surface area contributed by atoms with Gasteiger partial charge in [-0.3, -0.25) is 14.5 Å². The van der Waals surface area contributed by atoms with Gasteiger partial charge in [0.2, 0.25) is 0 Å². The highest BCUT2D eigenvalue weighted by molar-refractivity contribution is 8.18. The van der Waals surface area contributed by atoms with Crippen LogP contribution in [0.4, 0.5) is 4.79 Å². The molecule has 1 fully saturated rings. The van der Waals surface area contributed by atoms with Crippen LogP contribution < -0.4 is 14.2 Å². The van der Waals surface area contributed by atoms with Crippen LogP contribution in [-0.2, 0) is 4.79 Å². The lowest BCUT2D eigenvalue weighted by atomic mass is 10.0. The highest BCUT2D eigenvalue weighted by atomic mass is 35.5. The van der Waals surface area contributed by atoms with Crippen molar-refractivity contribution in [3.8, 4) is 17.2 Å². The highest BCUT2D eigenvalue weighted by Gasteiger charge is 2.35. The number of nitrogens with zero attached hydrogens (tertiary/aromatic N) is 1. The normalized spacial score (nSPS) is 14.3. The number of rotatable bonds is 9. The van der Waals surface area contributed by atoms with Crippen molar-refractivity contribution in [3.63, 3.8) is 0 Å². The number of esters is 1. The number of benzene rings is 3. The Kier molecular flexibility index (Phi) is 8.99. The molecule has 0 unspecified atom stereocenters. The first-order valence-corrected chi connectivity index (χ1v) is 13.5. The summed E-state index contributed by atoms with van der Waals surface area (Å²) in [6.07, 6.45) is 1.52. The number of carbonyl (C=O) groups is 3. The average Bonchev–Trinajstić information content (AvgIpc) is 3.17. The molecule has 0 bridgehead atoms. The van der Waals surface area contributed by atoms with Crippen LogP contribution in [-0.4, -0.2) is 42.3 Å². The Labute approximate surface area is 236 Å². The lowest BCUT2D eigenvalue weighted by molar-refractivity contribution is -0.123. The summed E-state index contributed by atoms with van der Waals surface area (Å²) in [6, 6.07) is 17.3. The van der Waals surface area contributed by atoms with E-state index in [-0.39, 0.29) is 29.7 Å². The van der Waals surface area contributed by atoms with Crippen molar-refractivity contribution >= 4 is 46.6 Å². The number of amides is 2. The summed E-state index contributed by atoms with van der Waals surface area (Å²) in [6.45, 7) is 6.41. The third-order valence-corrected chi connectivity index (χ3v) is 7.19. The van der Waals surface area contributed by atoms with Gasteiger partial charge >= 0.3 is 5.97 Å². The number of imide groups is 1. The molecule has 1 heterocycles. The van der Waals surface area contributed by atoms with Crippen LogP contribution in [0.2, 0.25) is 5.02 Å². The molecule has 7 nitrogen and oxygen atoms in total. The van der Waals surface area contributed by atoms with Gasteiger partial charge in [-0.1, -0.05) is 49.7 Å². The zero-order valence-electron chi connectivity index (χ0n) is 22.0. The Morgan fingerprint density at radius 1 is 1.05 bits per heavy atom. The number of para-hydroxylation sites is 1. The molecule has 0 N–H and O–H groups in total. The molecule has 202 valence electrons. The molecular formula is C30H28ClNO6S. The second-order valence-corrected chi connectivity index (χ2v) is 10.6. The third kappa shape index (κ3) is 6.64. The number of carbonyl (C=O) groups excluding carboxylic acids is 3. The summed E-state index contributed by atoms with van der Waals surface area (Å²) in [7, 11) is 1.45. The summed E-state index contributed by atoms with van der Waals surface area (Å²) in [4.78, 5) is 40.0. The van der Waals surface area contributed by atoms with Gasteiger partial charge in [-0.05, 0) is 78.2 Å². The largest absolute Gasteiger partial charge is 0.493 e. The van der Waals surface area contributed by atoms with Crippen LogP contribution in [0.25, 0.3) is 6.08 Å². The topological polar surface area (TPSA) is 82.1 Å². The molecule has 0 aromatic heterocycles. The standard InChI is InChI=1S/C30H28ClNO6S/c1-18(2)23-13-8-19(3)16-25(23)37-15-14-32-28(33)26(39-30(32)35)17-21-6-5-7-24(36-4)27(21)38-29(34)20-9-11-22(31)12-10-20/h5-13,16-18H,14-15H2,1-4H3/b26-17-. The number of thioether (sulfide) groups is 1. The van der Waals surface area contributed by atoms with Crippen molar-refractivity contribution in [1.29, 1.82) is 0 Å². The summed E-state index contributed by atoms with van der Waals surface area (Å²) in [5.41, 5.74) is 2.84. The Morgan fingerprint density at radius 3 is 2.49 bits per heavy atom. The van der Waals surface area contributed by atoms with E-state index in [1.165, 1.54) is 13.2 Å². The predicted octanol–water partition coefficient (Wildman–Crippen LogP) is 7.11. The minimum atomic E-state index is -0.618. The molecule has 3 aromatic carbocycles. The highest BCUT2D eigenvalue weighted by Crippen LogP contribution is 2.38. The molecule has 1 aliphatic rings. The van der Waals surface area contributed by atoms with E-state index in [1.807, 2.05) is 25.1 Å². The van der Waals surface area contributed by atoms with E-state index >= 15 is 0 Å². The van der Waals surface area contributed by atoms with Crippen LogP contribution in [0.3, 0.4) is 0 Å². The molecule has 0 atom stereocenters. The second kappa shape index (κ2) is 12.4. The third-order valence-electron chi connectivity index (χ3n) is 6.03. The van der Waals surface area contributed by atoms with E-state index in [9.17, 15) is 14.4 Å². The first kappa shape index (κ1) is 28.3. The van der Waals surface area contributed by atoms with Crippen LogP contribution in [0.15, 0.2) is 65.6 Å². The summed E-state index contributed by atoms with van der Waals surface area (Å²) in [5, 5.41) is 0.0932. The molecule has 1 aliphatic heterocycles. The Bertz CT molecular complexity index is 1430. The molecule has 0 saturated carbocycles. The number of aryl methyl sites for hydroxylation is 1. The van der Waals surface area contributed by atoms with Gasteiger partial charge in [0.05, 0.1) is 24.1 Å². The smallest absolute Gasteiger partial charge is 0.343 e. The van der Waals surface area contributed by atoms with Gasteiger partial charge < -0.3 is 14.2 Å². The lowest BCUT2D eigenvalue weighted by Crippen LogP contribution is -2.32. The monoisotopic (exact) mass is 565 g/mol. The number of hydrogen-bond donors (Lipinski definition) is 0. The van der Waals surface area contributed by atoms with Crippen molar-refractivity contribution in [1.82, 2.24) is 4.90 Å². The van der Waals surface area contributed by atoms with Crippen molar-refractivity contribution in [2.75, 3.05) is 20.3 Å². The predicted molar refractivity (Wildman–Crippen MR) is 153 cm³/mol. The molecule has 1 saturated heterocycles. The molecular weight excluding hydrogens is 538 g/mol. The number of hydrogen-bond acceptors (Lipinski definition) is 7. The van der Waals surface area contributed by atoms with Gasteiger partial charge in [-0.2, -0.15) is 0 Å². The van der Waals surface area contributed by atoms with Crippen LogP contribution >= 0.6 is 23.4 Å². The van der Waals surface area contributed by atoms with Gasteiger partial charge in [-0.25, -0.2) is 4.79 Å². The molecule has 0 aliphatic carbocycles. The van der Waals surface area contributed by atoms with Crippen molar-refractivity contribution in [2.45, 2.75) is 26.7 Å². The molecule has 39 heavy (non-hydrogen) atoms.